The number of aryl methyl sites for hydroxylation is 1. The van der Waals surface area contributed by atoms with E-state index in [2.05, 4.69) is 42.0 Å². The van der Waals surface area contributed by atoms with Crippen molar-refractivity contribution in [2.24, 2.45) is 17.1 Å². The molecule has 0 saturated carbocycles. The van der Waals surface area contributed by atoms with Gasteiger partial charge in [-0.2, -0.15) is 0 Å². The number of nitrogens with two attached hydrogens (primary N) is 1. The van der Waals surface area contributed by atoms with Gasteiger partial charge in [-0.15, -0.1) is 0 Å². The van der Waals surface area contributed by atoms with Crippen LogP contribution >= 0.6 is 11.3 Å². The predicted octanol–water partition coefficient (Wildman–Crippen LogP) is 3.42. The van der Waals surface area contributed by atoms with Gasteiger partial charge in [0.2, 0.25) is 5.88 Å². The summed E-state index contributed by atoms with van der Waals surface area (Å²) in [7, 11) is 0. The maximum Gasteiger partial charge on any atom is 0.280 e. The number of aliphatic hydroxyl groups is 1. The molecule has 10 nitrogen and oxygen atoms in total. The molecular formula is C30H40N6O4S. The lowest BCUT2D eigenvalue weighted by Gasteiger charge is -2.34. The van der Waals surface area contributed by atoms with Crippen LogP contribution in [0, 0.1) is 11.3 Å². The number of piperidine rings is 1. The minimum Gasteiger partial charge on any atom is -0.468 e. The van der Waals surface area contributed by atoms with Gasteiger partial charge in [0.1, 0.15) is 10.3 Å². The third-order valence-corrected chi connectivity index (χ3v) is 9.25. The van der Waals surface area contributed by atoms with Crippen LogP contribution in [0.15, 0.2) is 24.4 Å². The number of hydrogen-bond acceptors (Lipinski definition) is 9. The van der Waals surface area contributed by atoms with Gasteiger partial charge in [0.05, 0.1) is 12.1 Å². The average molecular weight is 581 g/mol. The molecule has 0 bridgehead atoms. The van der Waals surface area contributed by atoms with Crippen LogP contribution in [-0.2, 0) is 17.6 Å². The highest BCUT2D eigenvalue weighted by atomic mass is 32.1. The molecule has 2 atom stereocenters. The van der Waals surface area contributed by atoms with E-state index in [9.17, 15) is 14.7 Å². The lowest BCUT2D eigenvalue weighted by atomic mass is 9.71. The first-order valence-corrected chi connectivity index (χ1v) is 15.2. The maximum absolute atomic E-state index is 13.5. The van der Waals surface area contributed by atoms with Gasteiger partial charge in [0.25, 0.3) is 11.8 Å². The topological polar surface area (TPSA) is 144 Å². The van der Waals surface area contributed by atoms with Crippen LogP contribution in [0.5, 0.6) is 5.88 Å². The molecule has 2 amide bonds. The van der Waals surface area contributed by atoms with Gasteiger partial charge >= 0.3 is 0 Å². The number of hydrogen-bond donors (Lipinski definition) is 3. The summed E-state index contributed by atoms with van der Waals surface area (Å²) in [6.07, 6.45) is 6.65. The molecule has 5 rings (SSSR count). The van der Waals surface area contributed by atoms with E-state index in [1.54, 1.807) is 12.3 Å². The number of ether oxygens (including phenoxy) is 1. The highest BCUT2D eigenvalue weighted by Crippen LogP contribution is 2.38. The number of carbonyl (C=O) groups is 2. The Morgan fingerprint density at radius 2 is 2.00 bits per heavy atom. The predicted molar refractivity (Wildman–Crippen MR) is 158 cm³/mol. The fourth-order valence-corrected chi connectivity index (χ4v) is 6.52. The zero-order valence-corrected chi connectivity index (χ0v) is 24.9. The Labute approximate surface area is 244 Å². The standard InChI is InChI=1S/C30H40N6O4S/c1-30(2,3)20-5-6-22-19(14-20)15-24-28(34-22)41-29(35-24)27(39)33-23(10-13-36-11-8-21(37)9-12-36)18-4-7-26(32-16-18)40-17-25(31)38/h4,7,15-16,20-21,23,37H,5-6,8-14,17H2,1-3H3,(H2,31,38)(H,33,39)/t20-,23+/m0/s1. The highest BCUT2D eigenvalue weighted by Gasteiger charge is 2.30. The normalized spacial score (nSPS) is 19.1. The zero-order chi connectivity index (χ0) is 29.1. The number of rotatable bonds is 9. The lowest BCUT2D eigenvalue weighted by Crippen LogP contribution is -2.38. The second kappa shape index (κ2) is 12.4. The molecule has 1 aliphatic carbocycles. The molecule has 0 aromatic carbocycles. The quantitative estimate of drug-likeness (QED) is 0.349. The summed E-state index contributed by atoms with van der Waals surface area (Å²) in [5.74, 6) is 0.0675. The Balaban J connectivity index is 1.32. The van der Waals surface area contributed by atoms with Crippen LogP contribution in [0.4, 0.5) is 0 Å². The smallest absolute Gasteiger partial charge is 0.280 e. The van der Waals surface area contributed by atoms with Crippen molar-refractivity contribution in [3.05, 3.63) is 46.2 Å². The van der Waals surface area contributed by atoms with Crippen molar-refractivity contribution in [2.45, 2.75) is 71.4 Å². The number of thiazole rings is 1. The number of amides is 2. The highest BCUT2D eigenvalue weighted by molar-refractivity contribution is 7.19. The van der Waals surface area contributed by atoms with Gasteiger partial charge in [0, 0.05) is 37.6 Å². The van der Waals surface area contributed by atoms with E-state index >= 15 is 0 Å². The van der Waals surface area contributed by atoms with Gasteiger partial charge < -0.3 is 25.8 Å². The molecule has 3 aromatic heterocycles. The molecule has 0 spiro atoms. The largest absolute Gasteiger partial charge is 0.468 e. The summed E-state index contributed by atoms with van der Waals surface area (Å²) in [6.45, 7) is 9.04. The number of primary amides is 1. The van der Waals surface area contributed by atoms with Crippen LogP contribution in [0.3, 0.4) is 0 Å². The van der Waals surface area contributed by atoms with Crippen LogP contribution in [0.2, 0.25) is 0 Å². The van der Waals surface area contributed by atoms with Crippen LogP contribution in [0.25, 0.3) is 10.3 Å². The van der Waals surface area contributed by atoms with Gasteiger partial charge in [-0.05, 0) is 67.1 Å². The number of nitrogens with one attached hydrogen (secondary N) is 1. The maximum atomic E-state index is 13.5. The van der Waals surface area contributed by atoms with E-state index in [0.29, 0.717) is 17.3 Å². The van der Waals surface area contributed by atoms with Crippen molar-refractivity contribution in [1.82, 2.24) is 25.2 Å². The second-order valence-corrected chi connectivity index (χ2v) is 13.3. The SMILES string of the molecule is CC(C)(C)[C@H]1CCc2nc3sc(C(=O)N[C@H](CCN4CCC(O)CC4)c4ccc(OCC(N)=O)nc4)nc3cc2C1. The third kappa shape index (κ3) is 7.38. The van der Waals surface area contributed by atoms with Crippen molar-refractivity contribution >= 4 is 33.5 Å². The number of carbonyl (C=O) groups excluding carboxylic acids is 2. The molecule has 41 heavy (non-hydrogen) atoms. The first kappa shape index (κ1) is 29.3. The van der Waals surface area contributed by atoms with Crippen LogP contribution in [0.1, 0.15) is 79.1 Å². The average Bonchev–Trinajstić information content (AvgIpc) is 3.36. The Morgan fingerprint density at radius 3 is 2.68 bits per heavy atom. The molecule has 1 saturated heterocycles. The fraction of sp³-hybridized carbons (Fsp3) is 0.567. The summed E-state index contributed by atoms with van der Waals surface area (Å²) < 4.78 is 5.30. The molecule has 1 fully saturated rings. The summed E-state index contributed by atoms with van der Waals surface area (Å²) in [4.78, 5) is 41.6. The van der Waals surface area contributed by atoms with Crippen molar-refractivity contribution < 1.29 is 19.4 Å². The number of nitrogens with zero attached hydrogens (tertiary/aromatic N) is 4. The molecule has 0 radical (unpaired) electrons. The Kier molecular flexibility index (Phi) is 8.86. The van der Waals surface area contributed by atoms with Gasteiger partial charge in [-0.3, -0.25) is 9.59 Å². The lowest BCUT2D eigenvalue weighted by molar-refractivity contribution is -0.120. The molecule has 2 aliphatic rings. The van der Waals surface area contributed by atoms with Gasteiger partial charge in [-0.1, -0.05) is 38.2 Å². The Bertz CT molecular complexity index is 1380. The van der Waals surface area contributed by atoms with E-state index in [1.807, 2.05) is 6.07 Å². The molecule has 0 unspecified atom stereocenters. The molecule has 3 aromatic rings. The second-order valence-electron chi connectivity index (χ2n) is 12.3. The molecule has 1 aliphatic heterocycles. The summed E-state index contributed by atoms with van der Waals surface area (Å²) in [5.41, 5.74) is 9.37. The number of aromatic nitrogens is 3. The Hall–Kier alpha value is -3.15. The fourth-order valence-electron chi connectivity index (χ4n) is 5.67. The monoisotopic (exact) mass is 580 g/mol. The minimum absolute atomic E-state index is 0.239. The number of fused-ring (bicyclic) bond motifs is 2. The van der Waals surface area contributed by atoms with Gasteiger partial charge in [-0.25, -0.2) is 15.0 Å². The van der Waals surface area contributed by atoms with Crippen molar-refractivity contribution in [3.63, 3.8) is 0 Å². The summed E-state index contributed by atoms with van der Waals surface area (Å²) in [6, 6.07) is 5.33. The molecule has 4 heterocycles. The number of aliphatic hydroxyl groups excluding tert-OH is 1. The summed E-state index contributed by atoms with van der Waals surface area (Å²) in [5, 5.41) is 13.4. The first-order valence-electron chi connectivity index (χ1n) is 14.4. The molecule has 11 heteroatoms. The molecule has 220 valence electrons. The van der Waals surface area contributed by atoms with Crippen LogP contribution < -0.4 is 15.8 Å². The zero-order valence-electron chi connectivity index (χ0n) is 24.1. The van der Waals surface area contributed by atoms with E-state index in [4.69, 9.17) is 20.4 Å². The number of pyridine rings is 2. The van der Waals surface area contributed by atoms with E-state index in [1.165, 1.54) is 16.9 Å². The van der Waals surface area contributed by atoms with Crippen molar-refractivity contribution in [2.75, 3.05) is 26.2 Å². The molecular weight excluding hydrogens is 540 g/mol. The van der Waals surface area contributed by atoms with Gasteiger partial charge in [0.15, 0.2) is 11.6 Å². The van der Waals surface area contributed by atoms with Crippen molar-refractivity contribution in [3.8, 4) is 5.88 Å². The van der Waals surface area contributed by atoms with E-state index in [-0.39, 0.29) is 36.0 Å². The van der Waals surface area contributed by atoms with E-state index < -0.39 is 5.91 Å². The Morgan fingerprint density at radius 1 is 1.22 bits per heavy atom. The van der Waals surface area contributed by atoms with Crippen LogP contribution in [-0.4, -0.2) is 69.1 Å². The number of likely N-dealkylation sites (tertiary alicyclic amines) is 1. The van der Waals surface area contributed by atoms with Crippen molar-refractivity contribution in [1.29, 1.82) is 0 Å². The van der Waals surface area contributed by atoms with E-state index in [0.717, 1.165) is 73.3 Å². The first-order chi connectivity index (χ1) is 19.5. The minimum atomic E-state index is -0.576. The molecule has 4 N–H and O–H groups in total. The third-order valence-electron chi connectivity index (χ3n) is 8.29. The summed E-state index contributed by atoms with van der Waals surface area (Å²) >= 11 is 1.33.